The Hall–Kier alpha value is 1.00. The average molecular weight is 416 g/mol. The molecule has 0 N–H and O–H groups in total. The molecule has 4 rings (SSSR count). The van der Waals surface area contributed by atoms with Crippen LogP contribution in [0.3, 0.4) is 0 Å². The molecule has 2 aliphatic heterocycles. The Morgan fingerprint density at radius 3 is 2.21 bits per heavy atom. The Kier molecular flexibility index (Phi) is 2.75. The molecular weight excluding hydrogens is 402 g/mol. The van der Waals surface area contributed by atoms with Crippen LogP contribution in [0.5, 0.6) is 0 Å². The zero-order valence-electron chi connectivity index (χ0n) is 8.01. The van der Waals surface area contributed by atoms with Gasteiger partial charge in [0.15, 0.2) is 0 Å². The maximum absolute atomic E-state index is 6.16. The first-order valence-corrected chi connectivity index (χ1v) is 7.60. The summed E-state index contributed by atoms with van der Waals surface area (Å²) >= 11 is 4.84. The van der Waals surface area contributed by atoms with Gasteiger partial charge in [0.1, 0.15) is 5.76 Å². The van der Waals surface area contributed by atoms with Crippen molar-refractivity contribution >= 4 is 45.2 Å². The van der Waals surface area contributed by atoms with Gasteiger partial charge in [0, 0.05) is 5.92 Å². The zero-order valence-corrected chi connectivity index (χ0v) is 12.3. The molecule has 2 saturated carbocycles. The van der Waals surface area contributed by atoms with Gasteiger partial charge < -0.3 is 4.74 Å². The lowest BCUT2D eigenvalue weighted by Gasteiger charge is -2.36. The van der Waals surface area contributed by atoms with E-state index >= 15 is 0 Å². The highest BCUT2D eigenvalue weighted by atomic mass is 127. The number of hydrogen-bond donors (Lipinski definition) is 0. The van der Waals surface area contributed by atoms with Gasteiger partial charge in [0.25, 0.3) is 0 Å². The molecular formula is C11H14I2O. The summed E-state index contributed by atoms with van der Waals surface area (Å²) < 4.78 is 7.52. The van der Waals surface area contributed by atoms with Crippen molar-refractivity contribution in [1.29, 1.82) is 0 Å². The molecule has 0 aromatic carbocycles. The zero-order chi connectivity index (χ0) is 9.71. The molecule has 0 spiro atoms. The lowest BCUT2D eigenvalue weighted by atomic mass is 9.68. The van der Waals surface area contributed by atoms with Crippen molar-refractivity contribution in [3.05, 3.63) is 7.35 Å². The Labute approximate surface area is 112 Å². The first kappa shape index (κ1) is 10.2. The largest absolute Gasteiger partial charge is 0.493 e. The van der Waals surface area contributed by atoms with Gasteiger partial charge in [0.05, 0.1) is 7.69 Å². The summed E-state index contributed by atoms with van der Waals surface area (Å²) in [7, 11) is 0. The number of allylic oxidation sites excluding steroid dienone is 1. The minimum absolute atomic E-state index is 0.556. The van der Waals surface area contributed by atoms with Crippen LogP contribution in [0.15, 0.2) is 7.35 Å². The highest BCUT2D eigenvalue weighted by molar-refractivity contribution is 14.2. The fourth-order valence-corrected chi connectivity index (χ4v) is 4.71. The molecule has 0 amide bonds. The van der Waals surface area contributed by atoms with E-state index in [0.717, 1.165) is 17.8 Å². The van der Waals surface area contributed by atoms with Crippen molar-refractivity contribution in [2.24, 2.45) is 17.8 Å². The molecule has 2 heterocycles. The van der Waals surface area contributed by atoms with Gasteiger partial charge in [-0.05, 0) is 89.1 Å². The summed E-state index contributed by atoms with van der Waals surface area (Å²) in [6.07, 6.45) is 7.51. The Morgan fingerprint density at radius 1 is 1.00 bits per heavy atom. The smallest absolute Gasteiger partial charge is 0.119 e. The van der Waals surface area contributed by atoms with Gasteiger partial charge in [0.2, 0.25) is 0 Å². The minimum atomic E-state index is 0.556. The van der Waals surface area contributed by atoms with Crippen molar-refractivity contribution in [3.63, 3.8) is 0 Å². The topological polar surface area (TPSA) is 9.23 Å². The summed E-state index contributed by atoms with van der Waals surface area (Å²) in [5, 5.41) is 0. The van der Waals surface area contributed by atoms with Gasteiger partial charge in [-0.2, -0.15) is 0 Å². The van der Waals surface area contributed by atoms with E-state index in [1.54, 1.807) is 0 Å². The Bertz CT molecular complexity index is 269. The molecule has 1 nitrogen and oxygen atoms in total. The summed E-state index contributed by atoms with van der Waals surface area (Å²) in [5.41, 5.74) is 0. The van der Waals surface area contributed by atoms with E-state index in [0.29, 0.717) is 6.10 Å². The van der Waals surface area contributed by atoms with Crippen LogP contribution in [0, 0.1) is 17.8 Å². The molecule has 14 heavy (non-hydrogen) atoms. The second-order valence-corrected chi connectivity index (χ2v) is 9.19. The van der Waals surface area contributed by atoms with E-state index < -0.39 is 0 Å². The molecule has 3 heteroatoms. The number of fused-ring (bicyclic) bond motifs is 1. The van der Waals surface area contributed by atoms with Crippen LogP contribution < -0.4 is 0 Å². The van der Waals surface area contributed by atoms with E-state index in [1.165, 1.54) is 39.4 Å². The third kappa shape index (κ3) is 1.72. The normalized spacial score (nSPS) is 44.9. The third-order valence-corrected chi connectivity index (χ3v) is 5.01. The standard InChI is InChI=1S/C11H14I2O/c12-11(13)10-8-2-6-1-7(3-8)5-9(4-6)14-10/h6-9H,1-5H2/t6-,7+,8?,9?. The van der Waals surface area contributed by atoms with Gasteiger partial charge in [-0.25, -0.2) is 0 Å². The Balaban J connectivity index is 1.97. The van der Waals surface area contributed by atoms with Crippen LogP contribution in [0.2, 0.25) is 0 Å². The predicted octanol–water partition coefficient (Wildman–Crippen LogP) is 4.25. The molecule has 2 saturated heterocycles. The quantitative estimate of drug-likeness (QED) is 0.537. The van der Waals surface area contributed by atoms with Crippen LogP contribution in [-0.4, -0.2) is 6.10 Å². The van der Waals surface area contributed by atoms with E-state index in [9.17, 15) is 0 Å². The average Bonchev–Trinajstić information content (AvgIpc) is 2.30. The van der Waals surface area contributed by atoms with Crippen molar-refractivity contribution in [1.82, 2.24) is 0 Å². The summed E-state index contributed by atoms with van der Waals surface area (Å²) in [6.45, 7) is 0. The van der Waals surface area contributed by atoms with E-state index in [1.807, 2.05) is 0 Å². The van der Waals surface area contributed by atoms with Gasteiger partial charge >= 0.3 is 0 Å². The van der Waals surface area contributed by atoms with Gasteiger partial charge in [-0.15, -0.1) is 0 Å². The van der Waals surface area contributed by atoms with Crippen LogP contribution in [-0.2, 0) is 4.74 Å². The second kappa shape index (κ2) is 3.79. The second-order valence-electron chi connectivity index (χ2n) is 4.97. The van der Waals surface area contributed by atoms with E-state index in [-0.39, 0.29) is 0 Å². The number of hydrogen-bond acceptors (Lipinski definition) is 1. The molecule has 4 fully saturated rings. The Morgan fingerprint density at radius 2 is 1.64 bits per heavy atom. The first-order chi connectivity index (χ1) is 6.72. The molecule has 4 aliphatic rings. The van der Waals surface area contributed by atoms with Crippen LogP contribution in [0.25, 0.3) is 0 Å². The molecule has 2 aliphatic carbocycles. The summed E-state index contributed by atoms with van der Waals surface area (Å²) in [5.74, 6) is 4.04. The predicted molar refractivity (Wildman–Crippen MR) is 73.5 cm³/mol. The van der Waals surface area contributed by atoms with Gasteiger partial charge in [-0.3, -0.25) is 0 Å². The molecule has 78 valence electrons. The molecule has 0 radical (unpaired) electrons. The fraction of sp³-hybridized carbons (Fsp3) is 0.818. The van der Waals surface area contributed by atoms with Crippen LogP contribution in [0.1, 0.15) is 32.1 Å². The fourth-order valence-electron chi connectivity index (χ4n) is 3.57. The van der Waals surface area contributed by atoms with Crippen molar-refractivity contribution in [3.8, 4) is 0 Å². The SMILES string of the molecule is IC(I)=C1OC2C[C@@H]3CC1C[C@H](C2)C3. The highest BCUT2D eigenvalue weighted by Gasteiger charge is 2.43. The van der Waals surface area contributed by atoms with Gasteiger partial charge in [-0.1, -0.05) is 0 Å². The molecule has 4 bridgehead atoms. The minimum Gasteiger partial charge on any atom is -0.493 e. The molecule has 2 unspecified atom stereocenters. The molecule has 0 aromatic heterocycles. The third-order valence-electron chi connectivity index (χ3n) is 3.95. The molecule has 0 aromatic rings. The number of ether oxygens (including phenoxy) is 1. The maximum atomic E-state index is 6.16. The summed E-state index contributed by atoms with van der Waals surface area (Å²) in [6, 6.07) is 0. The highest BCUT2D eigenvalue weighted by Crippen LogP contribution is 2.51. The number of halogens is 2. The molecule has 4 atom stereocenters. The summed E-state index contributed by atoms with van der Waals surface area (Å²) in [4.78, 5) is 0. The monoisotopic (exact) mass is 416 g/mol. The number of rotatable bonds is 0. The van der Waals surface area contributed by atoms with Crippen LogP contribution in [0.4, 0.5) is 0 Å². The van der Waals surface area contributed by atoms with Crippen molar-refractivity contribution in [2.75, 3.05) is 0 Å². The maximum Gasteiger partial charge on any atom is 0.119 e. The van der Waals surface area contributed by atoms with E-state index in [2.05, 4.69) is 45.2 Å². The first-order valence-electron chi connectivity index (χ1n) is 5.44. The van der Waals surface area contributed by atoms with Crippen molar-refractivity contribution in [2.45, 2.75) is 38.2 Å². The van der Waals surface area contributed by atoms with Crippen molar-refractivity contribution < 1.29 is 4.74 Å². The van der Waals surface area contributed by atoms with E-state index in [4.69, 9.17) is 4.74 Å². The lowest BCUT2D eigenvalue weighted by molar-refractivity contribution is 0.0633. The van der Waals surface area contributed by atoms with Crippen LogP contribution >= 0.6 is 45.2 Å². The lowest BCUT2D eigenvalue weighted by Crippen LogP contribution is -2.29.